The van der Waals surface area contributed by atoms with Gasteiger partial charge in [-0.3, -0.25) is 0 Å². The summed E-state index contributed by atoms with van der Waals surface area (Å²) < 4.78 is 26.8. The van der Waals surface area contributed by atoms with Crippen LogP contribution in [0.1, 0.15) is 32.8 Å². The first-order chi connectivity index (χ1) is 14.7. The number of aliphatic hydroxyl groups excluding tert-OH is 1. The predicted molar refractivity (Wildman–Crippen MR) is 117 cm³/mol. The van der Waals surface area contributed by atoms with Crippen LogP contribution in [0, 0.1) is 12.3 Å². The Kier molecular flexibility index (Phi) is 11.8. The Hall–Kier alpha value is -2.47. The highest BCUT2D eigenvalue weighted by Gasteiger charge is 2.23. The second kappa shape index (κ2) is 13.8. The van der Waals surface area contributed by atoms with Gasteiger partial charge in [-0.15, -0.1) is 6.42 Å². The van der Waals surface area contributed by atoms with E-state index in [-0.39, 0.29) is 19.8 Å². The minimum Gasteiger partial charge on any atom is -0.497 e. The predicted octanol–water partition coefficient (Wildman–Crippen LogP) is 2.86. The van der Waals surface area contributed by atoms with E-state index in [0.717, 1.165) is 5.56 Å². The molecular formula is C23H35NO7. The molecule has 0 bridgehead atoms. The highest BCUT2D eigenvalue weighted by atomic mass is 16.6. The van der Waals surface area contributed by atoms with Crippen molar-refractivity contribution < 1.29 is 33.6 Å². The first-order valence-corrected chi connectivity index (χ1v) is 10.2. The maximum absolute atomic E-state index is 12.7. The summed E-state index contributed by atoms with van der Waals surface area (Å²) in [5.41, 5.74) is 0.217. The molecule has 0 spiro atoms. The third-order valence-corrected chi connectivity index (χ3v) is 4.03. The largest absolute Gasteiger partial charge is 0.497 e. The normalized spacial score (nSPS) is 12.0. The molecule has 31 heavy (non-hydrogen) atoms. The van der Waals surface area contributed by atoms with Gasteiger partial charge in [0.15, 0.2) is 0 Å². The second-order valence-electron chi connectivity index (χ2n) is 7.88. The molecule has 8 heteroatoms. The van der Waals surface area contributed by atoms with Gasteiger partial charge >= 0.3 is 6.09 Å². The topological polar surface area (TPSA) is 86.7 Å². The smallest absolute Gasteiger partial charge is 0.410 e. The van der Waals surface area contributed by atoms with Crippen LogP contribution in [0.15, 0.2) is 18.2 Å². The van der Waals surface area contributed by atoms with Gasteiger partial charge in [-0.2, -0.15) is 0 Å². The van der Waals surface area contributed by atoms with Gasteiger partial charge in [0.2, 0.25) is 0 Å². The summed E-state index contributed by atoms with van der Waals surface area (Å²) in [4.78, 5) is 14.3. The quantitative estimate of drug-likeness (QED) is 0.375. The summed E-state index contributed by atoms with van der Waals surface area (Å²) in [5.74, 6) is 3.63. The van der Waals surface area contributed by atoms with Crippen molar-refractivity contribution in [3.05, 3.63) is 23.8 Å². The number of terminal acetylenes is 1. The van der Waals surface area contributed by atoms with E-state index < -0.39 is 17.8 Å². The number of amides is 1. The fourth-order valence-electron chi connectivity index (χ4n) is 2.63. The second-order valence-corrected chi connectivity index (χ2v) is 7.88. The zero-order valence-corrected chi connectivity index (χ0v) is 19.2. The molecule has 0 radical (unpaired) electrons. The van der Waals surface area contributed by atoms with Crippen LogP contribution >= 0.6 is 0 Å². The number of hydrogen-bond donors (Lipinski definition) is 1. The van der Waals surface area contributed by atoms with Crippen LogP contribution < -0.4 is 9.47 Å². The number of ether oxygens (including phenoxy) is 5. The Balaban J connectivity index is 2.67. The maximum Gasteiger partial charge on any atom is 0.410 e. The molecule has 1 N–H and O–H groups in total. The number of rotatable bonds is 13. The van der Waals surface area contributed by atoms with E-state index in [1.807, 2.05) is 32.9 Å². The van der Waals surface area contributed by atoms with Crippen molar-refractivity contribution in [2.75, 3.05) is 47.2 Å². The number of hydrogen-bond acceptors (Lipinski definition) is 7. The Morgan fingerprint density at radius 3 is 2.52 bits per heavy atom. The molecule has 174 valence electrons. The van der Waals surface area contributed by atoms with Gasteiger partial charge in [0, 0.05) is 24.8 Å². The van der Waals surface area contributed by atoms with E-state index in [1.165, 1.54) is 0 Å². The Labute approximate surface area is 185 Å². The minimum absolute atomic E-state index is 0.117. The maximum atomic E-state index is 12.7. The molecule has 1 unspecified atom stereocenters. The average Bonchev–Trinajstić information content (AvgIpc) is 2.71. The summed E-state index contributed by atoms with van der Waals surface area (Å²) in [6.45, 7) is 6.95. The molecule has 0 heterocycles. The van der Waals surface area contributed by atoms with Crippen LogP contribution in [0.5, 0.6) is 11.5 Å². The van der Waals surface area contributed by atoms with Crippen molar-refractivity contribution in [3.8, 4) is 23.8 Å². The molecule has 1 amide bonds. The Bertz CT molecular complexity index is 709. The zero-order chi connectivity index (χ0) is 23.3. The summed E-state index contributed by atoms with van der Waals surface area (Å²) in [6.07, 6.45) is 4.48. The molecule has 0 aromatic heterocycles. The number of nitrogens with zero attached hydrogens (tertiary/aromatic N) is 1. The molecule has 0 aliphatic heterocycles. The van der Waals surface area contributed by atoms with Crippen LogP contribution in [-0.4, -0.2) is 75.0 Å². The van der Waals surface area contributed by atoms with Crippen molar-refractivity contribution in [1.29, 1.82) is 0 Å². The highest BCUT2D eigenvalue weighted by Crippen LogP contribution is 2.26. The average molecular weight is 438 g/mol. The lowest BCUT2D eigenvalue weighted by Crippen LogP contribution is -2.37. The van der Waals surface area contributed by atoms with E-state index in [1.54, 1.807) is 25.2 Å². The van der Waals surface area contributed by atoms with E-state index in [2.05, 4.69) is 5.92 Å². The number of methoxy groups -OCH3 is 2. The molecule has 0 saturated carbocycles. The molecule has 1 rings (SSSR count). The zero-order valence-electron chi connectivity index (χ0n) is 19.2. The van der Waals surface area contributed by atoms with Gasteiger partial charge in [-0.25, -0.2) is 4.79 Å². The molecule has 1 aromatic rings. The standard InChI is InChI=1S/C23H35NO7/c1-7-12-29-16-19(25)17-30-13-8-11-24(22(26)31-23(2,3)4)15-18-9-10-20(27-5)14-21(18)28-6/h1,9-10,14,19,25H,8,11-13,15-17H2,2-6H3. The third kappa shape index (κ3) is 10.9. The van der Waals surface area contributed by atoms with Gasteiger partial charge in [0.1, 0.15) is 29.8 Å². The van der Waals surface area contributed by atoms with Crippen molar-refractivity contribution in [2.24, 2.45) is 0 Å². The van der Waals surface area contributed by atoms with Crippen LogP contribution in [0.4, 0.5) is 4.79 Å². The molecule has 1 aromatic carbocycles. The lowest BCUT2D eigenvalue weighted by atomic mass is 10.1. The summed E-state index contributed by atoms with van der Waals surface area (Å²) in [7, 11) is 3.15. The van der Waals surface area contributed by atoms with E-state index >= 15 is 0 Å². The SMILES string of the molecule is C#CCOCC(O)COCCCN(Cc1ccc(OC)cc1OC)C(=O)OC(C)(C)C. The van der Waals surface area contributed by atoms with E-state index in [4.69, 9.17) is 30.1 Å². The number of benzene rings is 1. The van der Waals surface area contributed by atoms with Gasteiger partial charge in [0.05, 0.1) is 34.0 Å². The highest BCUT2D eigenvalue weighted by molar-refractivity contribution is 5.68. The van der Waals surface area contributed by atoms with Crippen molar-refractivity contribution in [1.82, 2.24) is 4.90 Å². The van der Waals surface area contributed by atoms with Crippen molar-refractivity contribution in [3.63, 3.8) is 0 Å². The lowest BCUT2D eigenvalue weighted by molar-refractivity contribution is -0.0149. The van der Waals surface area contributed by atoms with E-state index in [9.17, 15) is 9.90 Å². The van der Waals surface area contributed by atoms with Crippen molar-refractivity contribution >= 4 is 6.09 Å². The molecule has 0 fully saturated rings. The Morgan fingerprint density at radius 1 is 1.19 bits per heavy atom. The molecular weight excluding hydrogens is 402 g/mol. The molecule has 8 nitrogen and oxygen atoms in total. The number of carbonyl (C=O) groups is 1. The summed E-state index contributed by atoms with van der Waals surface area (Å²) in [6, 6.07) is 5.45. The van der Waals surface area contributed by atoms with Crippen molar-refractivity contribution in [2.45, 2.75) is 45.4 Å². The Morgan fingerprint density at radius 2 is 1.90 bits per heavy atom. The van der Waals surface area contributed by atoms with Gasteiger partial charge in [0.25, 0.3) is 0 Å². The summed E-state index contributed by atoms with van der Waals surface area (Å²) in [5, 5.41) is 9.77. The third-order valence-electron chi connectivity index (χ3n) is 4.03. The first kappa shape index (κ1) is 26.6. The van der Waals surface area contributed by atoms with Gasteiger partial charge in [-0.05, 0) is 39.3 Å². The van der Waals surface area contributed by atoms with Gasteiger partial charge in [-0.1, -0.05) is 5.92 Å². The monoisotopic (exact) mass is 437 g/mol. The molecule has 1 atom stereocenters. The fourth-order valence-corrected chi connectivity index (χ4v) is 2.63. The number of aliphatic hydroxyl groups is 1. The first-order valence-electron chi connectivity index (χ1n) is 10.2. The number of carbonyl (C=O) groups excluding carboxylic acids is 1. The van der Waals surface area contributed by atoms with Crippen LogP contribution in [0.3, 0.4) is 0 Å². The van der Waals surface area contributed by atoms with Crippen LogP contribution in [0.2, 0.25) is 0 Å². The van der Waals surface area contributed by atoms with Crippen LogP contribution in [-0.2, 0) is 20.8 Å². The summed E-state index contributed by atoms with van der Waals surface area (Å²) >= 11 is 0. The fraction of sp³-hybridized carbons (Fsp3) is 0.609. The van der Waals surface area contributed by atoms with Crippen LogP contribution in [0.25, 0.3) is 0 Å². The minimum atomic E-state index is -0.751. The molecule has 0 aliphatic rings. The van der Waals surface area contributed by atoms with E-state index in [0.29, 0.717) is 37.6 Å². The molecule has 0 saturated heterocycles. The van der Waals surface area contributed by atoms with Gasteiger partial charge < -0.3 is 33.7 Å². The lowest BCUT2D eigenvalue weighted by Gasteiger charge is -2.28. The molecule has 0 aliphatic carbocycles.